The number of pyridine rings is 1. The summed E-state index contributed by atoms with van der Waals surface area (Å²) in [6, 6.07) is 21.5. The Hall–Kier alpha value is -12.2. The van der Waals surface area contributed by atoms with Crippen LogP contribution in [-0.2, 0) is 0 Å². The lowest BCUT2D eigenvalue weighted by atomic mass is 9.99. The maximum Gasteiger partial charge on any atom is 0.257 e. The summed E-state index contributed by atoms with van der Waals surface area (Å²) in [6.45, 7) is 22.3. The number of Topliss-reactive ketones (excluding diaryl/α,β-unsaturated/α-hetero) is 3. The lowest BCUT2D eigenvalue weighted by Gasteiger charge is -2.11. The first kappa shape index (κ1) is 80.5. The first-order chi connectivity index (χ1) is 51.2. The average Bonchev–Trinajstić information content (AvgIpc) is 1.21. The second-order valence-electron chi connectivity index (χ2n) is 23.6. The van der Waals surface area contributed by atoms with Gasteiger partial charge in [-0.1, -0.05) is 15.9 Å². The predicted molar refractivity (Wildman–Crippen MR) is 413 cm³/mol. The van der Waals surface area contributed by atoms with Gasteiger partial charge >= 0.3 is 0 Å². The number of carbonyl (C=O) groups excluding carboxylic acids is 4. The Balaban J connectivity index is 0.000000173. The molecule has 0 saturated carbocycles. The quantitative estimate of drug-likeness (QED) is 0.0471. The topological polar surface area (TPSA) is 342 Å². The van der Waals surface area contributed by atoms with Crippen LogP contribution in [0.5, 0.6) is 75.8 Å². The van der Waals surface area contributed by atoms with E-state index in [0.29, 0.717) is 96.8 Å². The molecule has 0 fully saturated rings. The second kappa shape index (κ2) is 38.0. The van der Waals surface area contributed by atoms with Crippen LogP contribution in [0.3, 0.4) is 0 Å². The molecule has 552 valence electrons. The number of anilines is 2. The first-order valence-electron chi connectivity index (χ1n) is 32.6. The summed E-state index contributed by atoms with van der Waals surface area (Å²) in [6.07, 6.45) is 15.2. The number of aryl methyl sites for hydroxylation is 10. The Morgan fingerprint density at radius 3 is 1.03 bits per heavy atom. The second-order valence-corrected chi connectivity index (χ2v) is 26.0. The number of amides is 1. The standard InChI is InChI=1S/C22H19N5O3S.C16H16N4O2S.C15H15BrN2O3.C15H16N2O3.C10H12O2/c1-13-8-16(30-19-11-24-18(29-3)10-25-19)9-14(2)20(13)17-12-31-22(26-17)27-21(28)15-4-6-23-7-5-15;1-9-4-11(22-14-7-18-13(21-3)6-19-14)5-10(2)15(9)12-8-23-16(17)20-12;1-9-4-11(5-10(2)15(9)12(19)6-16)21-14-8-17-13(20-3)7-18-14;1-9-5-12(6-10(2)15(9)11(3)18)20-14-8-16-13(19-4)7-17-14;1-6-4-9(12)5-7(2)10(6)8(3)11/h4-12H,1-3H3,(H,26,27,28);4-8H,1-3H3,(H2,17,20);4-5,7-8H,6H2,1-3H3;5-8H,1-4H3;4-5,12H,1-3H3. The van der Waals surface area contributed by atoms with Crippen LogP contribution < -0.4 is 48.9 Å². The minimum Gasteiger partial charge on any atom is -0.508 e. The van der Waals surface area contributed by atoms with Crippen LogP contribution >= 0.6 is 38.6 Å². The van der Waals surface area contributed by atoms with E-state index in [1.54, 1.807) is 50.7 Å². The van der Waals surface area contributed by atoms with E-state index in [9.17, 15) is 24.3 Å². The molecule has 107 heavy (non-hydrogen) atoms. The Kier molecular flexibility index (Phi) is 28.6. The number of nitrogen functional groups attached to an aromatic ring is 1. The molecule has 0 radical (unpaired) electrons. The van der Waals surface area contributed by atoms with Crippen LogP contribution in [0.4, 0.5) is 10.3 Å². The van der Waals surface area contributed by atoms with Crippen molar-refractivity contribution in [2.24, 2.45) is 0 Å². The van der Waals surface area contributed by atoms with Gasteiger partial charge in [-0.25, -0.2) is 49.8 Å². The Labute approximate surface area is 635 Å². The van der Waals surface area contributed by atoms with Gasteiger partial charge in [0, 0.05) is 56.5 Å². The first-order valence-corrected chi connectivity index (χ1v) is 35.5. The van der Waals surface area contributed by atoms with E-state index in [2.05, 4.69) is 76.1 Å². The van der Waals surface area contributed by atoms with Gasteiger partial charge in [0.15, 0.2) is 27.6 Å². The van der Waals surface area contributed by atoms with Crippen molar-refractivity contribution in [1.82, 2.24) is 54.8 Å². The number of benzene rings is 5. The van der Waals surface area contributed by atoms with Crippen molar-refractivity contribution in [3.63, 3.8) is 0 Å². The zero-order valence-electron chi connectivity index (χ0n) is 61.6. The molecule has 12 aromatic rings. The van der Waals surface area contributed by atoms with Gasteiger partial charge in [0.2, 0.25) is 47.0 Å². The van der Waals surface area contributed by atoms with Gasteiger partial charge in [-0.05, 0) is 212 Å². The number of ketones is 3. The molecule has 4 N–H and O–H groups in total. The van der Waals surface area contributed by atoms with Gasteiger partial charge in [-0.15, -0.1) is 22.7 Å². The highest BCUT2D eigenvalue weighted by Gasteiger charge is 2.19. The Morgan fingerprint density at radius 2 is 0.729 bits per heavy atom. The van der Waals surface area contributed by atoms with Gasteiger partial charge in [0.1, 0.15) is 28.7 Å². The molecule has 7 aromatic heterocycles. The fraction of sp³-hybridized carbons (Fsp3) is 0.218. The number of aromatic hydroxyl groups is 1. The molecule has 29 heteroatoms. The number of halogens is 1. The molecular formula is C78H78BrN13O13S2. The SMILES string of the molecule is CC(=O)c1c(C)cc(O)cc1C.COc1cnc(Oc2cc(C)c(-c3csc(N)n3)c(C)c2)cn1.COc1cnc(Oc2cc(C)c(-c3csc(NC(=O)c4ccncc4)n3)c(C)c2)cn1.COc1cnc(Oc2cc(C)c(C(=O)CBr)c(C)c2)cn1.COc1cnc(Oc2cc(C)c(C(C)=O)c(C)c2)cn1. The summed E-state index contributed by atoms with van der Waals surface area (Å²) in [5.41, 5.74) is 21.5. The minimum absolute atomic E-state index is 0.0463. The van der Waals surface area contributed by atoms with Gasteiger partial charge in [0.25, 0.3) is 5.91 Å². The molecule has 7 heterocycles. The molecule has 0 unspecified atom stereocenters. The maximum absolute atomic E-state index is 12.3. The third kappa shape index (κ3) is 22.4. The number of nitrogens with two attached hydrogens (primary N) is 1. The molecule has 0 saturated heterocycles. The number of phenolic OH excluding ortho intramolecular Hbond substituents is 1. The number of nitrogens with zero attached hydrogens (tertiary/aromatic N) is 11. The van der Waals surface area contributed by atoms with E-state index >= 15 is 0 Å². The van der Waals surface area contributed by atoms with Crippen LogP contribution in [0.1, 0.15) is 111 Å². The number of hydrogen-bond donors (Lipinski definition) is 3. The highest BCUT2D eigenvalue weighted by atomic mass is 79.9. The third-order valence-corrected chi connectivity index (χ3v) is 17.4. The van der Waals surface area contributed by atoms with E-state index in [1.807, 2.05) is 129 Å². The van der Waals surface area contributed by atoms with E-state index in [0.717, 1.165) is 89.3 Å². The normalized spacial score (nSPS) is 10.4. The molecule has 0 aliphatic heterocycles. The molecule has 5 aromatic carbocycles. The zero-order valence-corrected chi connectivity index (χ0v) is 64.8. The van der Waals surface area contributed by atoms with Crippen LogP contribution in [0.25, 0.3) is 22.5 Å². The summed E-state index contributed by atoms with van der Waals surface area (Å²) in [5, 5.41) is 17.3. The van der Waals surface area contributed by atoms with Crippen molar-refractivity contribution in [3.8, 4) is 98.3 Å². The van der Waals surface area contributed by atoms with Crippen LogP contribution in [-0.4, -0.2) is 117 Å². The third-order valence-electron chi connectivity index (χ3n) is 15.5. The summed E-state index contributed by atoms with van der Waals surface area (Å²) >= 11 is 6.00. The fourth-order valence-electron chi connectivity index (χ4n) is 11.2. The number of aromatic nitrogens is 11. The minimum atomic E-state index is -0.221. The van der Waals surface area contributed by atoms with Gasteiger partial charge in [-0.3, -0.25) is 29.5 Å². The summed E-state index contributed by atoms with van der Waals surface area (Å²) in [5.74, 6) is 6.01. The number of thiazole rings is 2. The molecule has 26 nitrogen and oxygen atoms in total. The summed E-state index contributed by atoms with van der Waals surface area (Å²) < 4.78 is 42.7. The van der Waals surface area contributed by atoms with E-state index in [4.69, 9.17) is 43.6 Å². The molecule has 0 bridgehead atoms. The van der Waals surface area contributed by atoms with E-state index in [-0.39, 0.29) is 29.0 Å². The number of rotatable bonds is 20. The number of methoxy groups -OCH3 is 4. The lowest BCUT2D eigenvalue weighted by molar-refractivity contribution is 0.100. The highest BCUT2D eigenvalue weighted by molar-refractivity contribution is 9.09. The van der Waals surface area contributed by atoms with Crippen LogP contribution in [0.2, 0.25) is 0 Å². The summed E-state index contributed by atoms with van der Waals surface area (Å²) in [4.78, 5) is 92.5. The van der Waals surface area contributed by atoms with Gasteiger partial charge in [0.05, 0.1) is 94.7 Å². The molecular weight excluding hydrogens is 1470 g/mol. The monoisotopic (exact) mass is 1550 g/mol. The van der Waals surface area contributed by atoms with Crippen molar-refractivity contribution in [2.45, 2.75) is 83.1 Å². The van der Waals surface area contributed by atoms with Gasteiger partial charge in [-0.2, -0.15) is 0 Å². The fourth-order valence-corrected chi connectivity index (χ4v) is 12.7. The Morgan fingerprint density at radius 1 is 0.430 bits per heavy atom. The van der Waals surface area contributed by atoms with Crippen molar-refractivity contribution >= 4 is 72.1 Å². The molecule has 12 rings (SSSR count). The Bertz CT molecular complexity index is 4970. The number of phenols is 1. The predicted octanol–water partition coefficient (Wildman–Crippen LogP) is 17.0. The van der Waals surface area contributed by atoms with E-state index < -0.39 is 0 Å². The van der Waals surface area contributed by atoms with Crippen LogP contribution in [0, 0.1) is 69.2 Å². The van der Waals surface area contributed by atoms with E-state index in [1.165, 1.54) is 101 Å². The number of nitrogens with one attached hydrogen (secondary N) is 1. The van der Waals surface area contributed by atoms with Crippen molar-refractivity contribution in [2.75, 3.05) is 44.8 Å². The van der Waals surface area contributed by atoms with Gasteiger partial charge < -0.3 is 48.7 Å². The molecule has 1 amide bonds. The summed E-state index contributed by atoms with van der Waals surface area (Å²) in [7, 11) is 6.13. The molecule has 0 spiro atoms. The number of alkyl halides is 1. The smallest absolute Gasteiger partial charge is 0.257 e. The highest BCUT2D eigenvalue weighted by Crippen LogP contribution is 2.37. The number of carbonyl (C=O) groups is 4. The molecule has 0 atom stereocenters. The number of hydrogen-bond acceptors (Lipinski definition) is 27. The number of ether oxygens (including phenoxy) is 8. The maximum atomic E-state index is 12.3. The van der Waals surface area contributed by atoms with Crippen LogP contribution in [0.15, 0.2) is 146 Å². The lowest BCUT2D eigenvalue weighted by Crippen LogP contribution is -2.11. The van der Waals surface area contributed by atoms with Crippen molar-refractivity contribution < 1.29 is 62.2 Å². The zero-order chi connectivity index (χ0) is 77.6. The molecule has 0 aliphatic rings. The van der Waals surface area contributed by atoms with Crippen molar-refractivity contribution in [1.29, 1.82) is 0 Å². The average molecular weight is 1550 g/mol. The largest absolute Gasteiger partial charge is 0.508 e. The van der Waals surface area contributed by atoms with Crippen molar-refractivity contribution in [3.05, 3.63) is 223 Å². The molecule has 0 aliphatic carbocycles.